The number of hydrogen-bond acceptors (Lipinski definition) is 2. The third kappa shape index (κ3) is 1.79. The van der Waals surface area contributed by atoms with E-state index in [2.05, 4.69) is 20.8 Å². The van der Waals surface area contributed by atoms with Gasteiger partial charge in [-0.3, -0.25) is 4.79 Å². The van der Waals surface area contributed by atoms with Crippen LogP contribution >= 0.6 is 11.6 Å². The van der Waals surface area contributed by atoms with Crippen molar-refractivity contribution in [2.45, 2.75) is 60.0 Å². The fraction of sp³-hybridized carbons (Fsp3) is 0.933. The van der Waals surface area contributed by atoms with Crippen molar-refractivity contribution < 1.29 is 9.53 Å². The van der Waals surface area contributed by atoms with Crippen LogP contribution < -0.4 is 0 Å². The van der Waals surface area contributed by atoms with Crippen LogP contribution in [0.5, 0.6) is 0 Å². The summed E-state index contributed by atoms with van der Waals surface area (Å²) in [5, 5.41) is 0. The van der Waals surface area contributed by atoms with Gasteiger partial charge < -0.3 is 4.74 Å². The molecule has 0 aromatic rings. The molecule has 0 aromatic heterocycles. The molecular formula is C15H25ClO2. The minimum absolute atomic E-state index is 0.0706. The molecule has 2 aliphatic rings. The molecule has 2 aliphatic carbocycles. The minimum atomic E-state index is -0.579. The number of hydrogen-bond donors (Lipinski definition) is 0. The van der Waals surface area contributed by atoms with Gasteiger partial charge in [0.25, 0.3) is 0 Å². The summed E-state index contributed by atoms with van der Waals surface area (Å²) in [6.07, 6.45) is 3.54. The number of ether oxygens (including phenoxy) is 1. The molecule has 0 aliphatic heterocycles. The lowest BCUT2D eigenvalue weighted by molar-refractivity contribution is -0.166. The molecular weight excluding hydrogens is 248 g/mol. The second kappa shape index (κ2) is 4.13. The lowest BCUT2D eigenvalue weighted by Crippen LogP contribution is -2.41. The highest BCUT2D eigenvalue weighted by Crippen LogP contribution is 2.66. The maximum absolute atomic E-state index is 12.2. The fourth-order valence-corrected chi connectivity index (χ4v) is 3.76. The van der Waals surface area contributed by atoms with Crippen LogP contribution in [-0.4, -0.2) is 18.0 Å². The Morgan fingerprint density at radius 1 is 1.39 bits per heavy atom. The van der Waals surface area contributed by atoms with Gasteiger partial charge in [0.2, 0.25) is 0 Å². The molecule has 0 spiro atoms. The minimum Gasteiger partial charge on any atom is -0.461 e. The van der Waals surface area contributed by atoms with Crippen molar-refractivity contribution in [2.24, 2.45) is 22.2 Å². The average molecular weight is 273 g/mol. The van der Waals surface area contributed by atoms with E-state index in [1.54, 1.807) is 0 Å². The Balaban J connectivity index is 2.12. The van der Waals surface area contributed by atoms with Crippen LogP contribution in [0.3, 0.4) is 0 Å². The van der Waals surface area contributed by atoms with E-state index >= 15 is 0 Å². The van der Waals surface area contributed by atoms with Gasteiger partial charge in [-0.25, -0.2) is 0 Å². The summed E-state index contributed by atoms with van der Waals surface area (Å²) in [6.45, 7) is 10.6. The largest absolute Gasteiger partial charge is 0.461 e. The molecule has 2 bridgehead atoms. The van der Waals surface area contributed by atoms with Crippen molar-refractivity contribution in [1.82, 2.24) is 0 Å². The first-order chi connectivity index (χ1) is 8.15. The molecule has 0 aromatic carbocycles. The van der Waals surface area contributed by atoms with Crippen LogP contribution in [0.2, 0.25) is 0 Å². The van der Waals surface area contributed by atoms with Gasteiger partial charge in [0.1, 0.15) is 6.10 Å². The summed E-state index contributed by atoms with van der Waals surface area (Å²) in [6, 6.07) is 0. The molecule has 0 heterocycles. The highest BCUT2D eigenvalue weighted by atomic mass is 35.5. The van der Waals surface area contributed by atoms with Gasteiger partial charge in [-0.2, -0.15) is 0 Å². The summed E-state index contributed by atoms with van der Waals surface area (Å²) in [5.41, 5.74) is -0.164. The van der Waals surface area contributed by atoms with Crippen molar-refractivity contribution in [3.63, 3.8) is 0 Å². The zero-order valence-corrected chi connectivity index (χ0v) is 12.9. The van der Waals surface area contributed by atoms with E-state index < -0.39 is 5.41 Å². The van der Waals surface area contributed by atoms with Gasteiger partial charge in [0.15, 0.2) is 0 Å². The van der Waals surface area contributed by atoms with Crippen LogP contribution in [0.4, 0.5) is 0 Å². The number of fused-ring (bicyclic) bond motifs is 2. The zero-order chi connectivity index (χ0) is 13.8. The van der Waals surface area contributed by atoms with E-state index in [0.29, 0.717) is 11.8 Å². The Kier molecular flexibility index (Phi) is 3.25. The maximum atomic E-state index is 12.2. The van der Waals surface area contributed by atoms with Gasteiger partial charge in [-0.05, 0) is 44.4 Å². The predicted molar refractivity (Wildman–Crippen MR) is 73.6 cm³/mol. The quantitative estimate of drug-likeness (QED) is 0.573. The first-order valence-electron chi connectivity index (χ1n) is 6.92. The van der Waals surface area contributed by atoms with Crippen LogP contribution in [0, 0.1) is 22.2 Å². The Morgan fingerprint density at radius 2 is 2.00 bits per heavy atom. The second-order valence-corrected chi connectivity index (χ2v) is 7.79. The van der Waals surface area contributed by atoms with Crippen LogP contribution in [0.15, 0.2) is 0 Å². The Hall–Kier alpha value is -0.240. The van der Waals surface area contributed by atoms with Crippen LogP contribution in [0.1, 0.15) is 53.9 Å². The normalized spacial score (nSPS) is 37.9. The summed E-state index contributed by atoms with van der Waals surface area (Å²) < 4.78 is 5.82. The van der Waals surface area contributed by atoms with E-state index in [0.717, 1.165) is 6.42 Å². The van der Waals surface area contributed by atoms with Crippen molar-refractivity contribution in [2.75, 3.05) is 5.88 Å². The molecule has 2 rings (SSSR count). The highest BCUT2D eigenvalue weighted by molar-refractivity contribution is 6.19. The lowest BCUT2D eigenvalue weighted by atomic mass is 9.70. The number of rotatable bonds is 3. The van der Waals surface area contributed by atoms with E-state index in [4.69, 9.17) is 16.3 Å². The molecule has 3 unspecified atom stereocenters. The topological polar surface area (TPSA) is 26.3 Å². The number of esters is 1. The van der Waals surface area contributed by atoms with E-state index in [-0.39, 0.29) is 22.9 Å². The summed E-state index contributed by atoms with van der Waals surface area (Å²) in [4.78, 5) is 12.2. The molecule has 2 saturated carbocycles. The van der Waals surface area contributed by atoms with Crippen molar-refractivity contribution in [1.29, 1.82) is 0 Å². The highest BCUT2D eigenvalue weighted by Gasteiger charge is 2.63. The fourth-order valence-electron chi connectivity index (χ4n) is 3.65. The summed E-state index contributed by atoms with van der Waals surface area (Å²) >= 11 is 5.84. The molecule has 2 fully saturated rings. The SMILES string of the molecule is CC(C)(CCl)C(=O)OC1CC2CCC1(C)C2(C)C. The van der Waals surface area contributed by atoms with Crippen molar-refractivity contribution in [3.8, 4) is 0 Å². The summed E-state index contributed by atoms with van der Waals surface area (Å²) in [7, 11) is 0. The maximum Gasteiger partial charge on any atom is 0.313 e. The monoisotopic (exact) mass is 272 g/mol. The molecule has 0 N–H and O–H groups in total. The molecule has 3 heteroatoms. The predicted octanol–water partition coefficient (Wildman–Crippen LogP) is 4.01. The molecule has 18 heavy (non-hydrogen) atoms. The second-order valence-electron chi connectivity index (χ2n) is 7.52. The van der Waals surface area contributed by atoms with E-state index in [9.17, 15) is 4.79 Å². The zero-order valence-electron chi connectivity index (χ0n) is 12.2. The van der Waals surface area contributed by atoms with Gasteiger partial charge in [-0.15, -0.1) is 11.6 Å². The number of carbonyl (C=O) groups is 1. The molecule has 104 valence electrons. The van der Waals surface area contributed by atoms with Gasteiger partial charge in [0, 0.05) is 11.3 Å². The third-order valence-corrected chi connectivity index (χ3v) is 6.52. The third-order valence-electron chi connectivity index (χ3n) is 5.85. The molecule has 0 amide bonds. The molecule has 2 nitrogen and oxygen atoms in total. The van der Waals surface area contributed by atoms with E-state index in [1.165, 1.54) is 12.8 Å². The van der Waals surface area contributed by atoms with Crippen LogP contribution in [0.25, 0.3) is 0 Å². The Morgan fingerprint density at radius 3 is 2.39 bits per heavy atom. The number of alkyl halides is 1. The first kappa shape index (κ1) is 14.2. The number of carbonyl (C=O) groups excluding carboxylic acids is 1. The number of halogens is 1. The smallest absolute Gasteiger partial charge is 0.313 e. The van der Waals surface area contributed by atoms with Gasteiger partial charge in [0.05, 0.1) is 5.41 Å². The lowest BCUT2D eigenvalue weighted by Gasteiger charge is -2.39. The summed E-state index contributed by atoms with van der Waals surface area (Å²) in [5.74, 6) is 0.855. The Bertz CT molecular complexity index is 362. The molecule has 0 radical (unpaired) electrons. The van der Waals surface area contributed by atoms with Crippen molar-refractivity contribution in [3.05, 3.63) is 0 Å². The Labute approximate surface area is 115 Å². The first-order valence-corrected chi connectivity index (χ1v) is 7.45. The van der Waals surface area contributed by atoms with Gasteiger partial charge >= 0.3 is 5.97 Å². The van der Waals surface area contributed by atoms with Gasteiger partial charge in [-0.1, -0.05) is 20.8 Å². The molecule has 3 atom stereocenters. The standard InChI is InChI=1S/C15H25ClO2/c1-13(2,9-16)12(17)18-11-8-10-6-7-15(11,5)14(10,3)4/h10-11H,6-9H2,1-5H3. The van der Waals surface area contributed by atoms with E-state index in [1.807, 2.05) is 13.8 Å². The van der Waals surface area contributed by atoms with Crippen LogP contribution in [-0.2, 0) is 9.53 Å². The van der Waals surface area contributed by atoms with Crippen molar-refractivity contribution >= 4 is 17.6 Å². The average Bonchev–Trinajstić information content (AvgIpc) is 2.62. The molecule has 0 saturated heterocycles.